The average Bonchev–Trinajstić information content (AvgIpc) is 2.96. The predicted octanol–water partition coefficient (Wildman–Crippen LogP) is 1.59. The van der Waals surface area contributed by atoms with Crippen LogP contribution in [0.2, 0.25) is 0 Å². The molecule has 1 aromatic heterocycles. The maximum atomic E-state index is 12.6. The zero-order valence-electron chi connectivity index (χ0n) is 14.7. The molecule has 0 bridgehead atoms. The molecule has 134 valence electrons. The van der Waals surface area contributed by atoms with E-state index in [1.54, 1.807) is 19.1 Å². The molecule has 1 atom stereocenters. The van der Waals surface area contributed by atoms with Gasteiger partial charge in [0.25, 0.3) is 11.6 Å². The van der Waals surface area contributed by atoms with E-state index < -0.39 is 10.5 Å². The Morgan fingerprint density at radius 3 is 2.72 bits per heavy atom. The summed E-state index contributed by atoms with van der Waals surface area (Å²) < 4.78 is 1.40. The number of carbonyl (C=O) groups is 1. The molecule has 1 heterocycles. The first-order chi connectivity index (χ1) is 11.7. The van der Waals surface area contributed by atoms with Crippen molar-refractivity contribution in [3.63, 3.8) is 0 Å². The Morgan fingerprint density at radius 1 is 1.48 bits per heavy atom. The van der Waals surface area contributed by atoms with Gasteiger partial charge in [-0.25, -0.2) is 4.68 Å². The summed E-state index contributed by atoms with van der Waals surface area (Å²) in [5, 5.41) is 21.7. The van der Waals surface area contributed by atoms with Gasteiger partial charge in [-0.2, -0.15) is 0 Å². The van der Waals surface area contributed by atoms with Crippen LogP contribution in [0.3, 0.4) is 0 Å². The summed E-state index contributed by atoms with van der Waals surface area (Å²) in [5.74, 6) is -0.246. The lowest BCUT2D eigenvalue weighted by Gasteiger charge is -2.33. The fourth-order valence-electron chi connectivity index (χ4n) is 2.27. The van der Waals surface area contributed by atoms with Gasteiger partial charge >= 0.3 is 0 Å². The van der Waals surface area contributed by atoms with Crippen LogP contribution in [0.5, 0.6) is 0 Å². The molecule has 1 aromatic carbocycles. The topological polar surface area (TPSA) is 129 Å². The van der Waals surface area contributed by atoms with Gasteiger partial charge in [0.2, 0.25) is 0 Å². The lowest BCUT2D eigenvalue weighted by molar-refractivity contribution is -0.384. The molecule has 3 N–H and O–H groups in total. The number of carbonyl (C=O) groups excluding carboxylic acids is 1. The molecule has 0 aliphatic heterocycles. The smallest absolute Gasteiger partial charge is 0.274 e. The monoisotopic (exact) mass is 346 g/mol. The maximum absolute atomic E-state index is 12.6. The van der Waals surface area contributed by atoms with Crippen LogP contribution in [0.4, 0.5) is 5.69 Å². The molecule has 0 radical (unpaired) electrons. The van der Waals surface area contributed by atoms with E-state index in [-0.39, 0.29) is 29.8 Å². The maximum Gasteiger partial charge on any atom is 0.274 e. The van der Waals surface area contributed by atoms with Crippen molar-refractivity contribution in [1.29, 1.82) is 0 Å². The molecule has 0 saturated heterocycles. The van der Waals surface area contributed by atoms with Crippen LogP contribution in [0.15, 0.2) is 24.3 Å². The SMILES string of the molecule is Cc1c(C(=O)NC(C)(CN)C(C)C)nnn1-c1cccc([N+](=O)[O-])c1. The summed E-state index contributed by atoms with van der Waals surface area (Å²) in [7, 11) is 0. The lowest BCUT2D eigenvalue weighted by Crippen LogP contribution is -2.55. The molecule has 0 aliphatic carbocycles. The van der Waals surface area contributed by atoms with Crippen molar-refractivity contribution in [3.8, 4) is 5.69 Å². The number of amides is 1. The number of aromatic nitrogens is 3. The number of nitrogens with two attached hydrogens (primary N) is 1. The van der Waals surface area contributed by atoms with Gasteiger partial charge < -0.3 is 11.1 Å². The fourth-order valence-corrected chi connectivity index (χ4v) is 2.27. The van der Waals surface area contributed by atoms with Crippen molar-refractivity contribution in [2.24, 2.45) is 11.7 Å². The summed E-state index contributed by atoms with van der Waals surface area (Å²) in [5.41, 5.74) is 6.27. The number of nitrogens with zero attached hydrogens (tertiary/aromatic N) is 4. The molecule has 1 amide bonds. The Hall–Kier alpha value is -2.81. The highest BCUT2D eigenvalue weighted by molar-refractivity contribution is 5.93. The molecule has 9 nitrogen and oxygen atoms in total. The Labute approximate surface area is 145 Å². The fraction of sp³-hybridized carbons (Fsp3) is 0.438. The van der Waals surface area contributed by atoms with Gasteiger partial charge in [0.15, 0.2) is 5.69 Å². The van der Waals surface area contributed by atoms with Crippen LogP contribution < -0.4 is 11.1 Å². The van der Waals surface area contributed by atoms with Gasteiger partial charge in [-0.15, -0.1) is 5.10 Å². The minimum atomic E-state index is -0.571. The Balaban J connectivity index is 2.34. The number of hydrogen-bond acceptors (Lipinski definition) is 6. The van der Waals surface area contributed by atoms with Crippen molar-refractivity contribution in [2.75, 3.05) is 6.54 Å². The largest absolute Gasteiger partial charge is 0.344 e. The lowest BCUT2D eigenvalue weighted by atomic mass is 9.88. The van der Waals surface area contributed by atoms with Crippen molar-refractivity contribution >= 4 is 11.6 Å². The Morgan fingerprint density at radius 2 is 2.16 bits per heavy atom. The van der Waals surface area contributed by atoms with E-state index in [2.05, 4.69) is 15.6 Å². The first-order valence-electron chi connectivity index (χ1n) is 7.89. The Bertz CT molecular complexity index is 801. The Kier molecular flexibility index (Phi) is 5.17. The van der Waals surface area contributed by atoms with E-state index in [1.807, 2.05) is 20.8 Å². The third-order valence-corrected chi connectivity index (χ3v) is 4.49. The molecule has 1 unspecified atom stereocenters. The molecule has 9 heteroatoms. The van der Waals surface area contributed by atoms with E-state index >= 15 is 0 Å². The minimum absolute atomic E-state index is 0.0612. The second-order valence-electron chi connectivity index (χ2n) is 6.44. The standard InChI is InChI=1S/C16H22N6O3/c1-10(2)16(4,9-17)18-15(23)14-11(3)21(20-19-14)12-6-5-7-13(8-12)22(24)25/h5-8,10H,9,17H2,1-4H3,(H,18,23). The number of hydrogen-bond donors (Lipinski definition) is 2. The highest BCUT2D eigenvalue weighted by Crippen LogP contribution is 2.20. The van der Waals surface area contributed by atoms with E-state index in [9.17, 15) is 14.9 Å². The van der Waals surface area contributed by atoms with Crippen LogP contribution in [0, 0.1) is 23.0 Å². The summed E-state index contributed by atoms with van der Waals surface area (Å²) in [6.07, 6.45) is 0. The van der Waals surface area contributed by atoms with Crippen LogP contribution in [0.1, 0.15) is 37.0 Å². The summed E-state index contributed by atoms with van der Waals surface area (Å²) in [4.78, 5) is 23.0. The van der Waals surface area contributed by atoms with Crippen LogP contribution in [0.25, 0.3) is 5.69 Å². The summed E-state index contributed by atoms with van der Waals surface area (Å²) >= 11 is 0. The molecule has 0 fully saturated rings. The third kappa shape index (κ3) is 3.66. The van der Waals surface area contributed by atoms with Gasteiger partial charge in [0, 0.05) is 18.7 Å². The first kappa shape index (κ1) is 18.5. The van der Waals surface area contributed by atoms with Gasteiger partial charge in [-0.1, -0.05) is 25.1 Å². The van der Waals surface area contributed by atoms with Gasteiger partial charge in [-0.05, 0) is 25.8 Å². The zero-order valence-corrected chi connectivity index (χ0v) is 14.7. The molecule has 0 spiro atoms. The van der Waals surface area contributed by atoms with Crippen LogP contribution in [-0.2, 0) is 0 Å². The molecule has 0 aliphatic rings. The highest BCUT2D eigenvalue weighted by Gasteiger charge is 2.31. The number of benzene rings is 1. The molecule has 2 rings (SSSR count). The van der Waals surface area contributed by atoms with Crippen LogP contribution >= 0.6 is 0 Å². The number of nitrogens with one attached hydrogen (secondary N) is 1. The zero-order chi connectivity index (χ0) is 18.8. The van der Waals surface area contributed by atoms with E-state index in [0.29, 0.717) is 11.4 Å². The minimum Gasteiger partial charge on any atom is -0.344 e. The van der Waals surface area contributed by atoms with Crippen molar-refractivity contribution in [2.45, 2.75) is 33.2 Å². The van der Waals surface area contributed by atoms with Gasteiger partial charge in [-0.3, -0.25) is 14.9 Å². The van der Waals surface area contributed by atoms with Crippen LogP contribution in [-0.4, -0.2) is 37.9 Å². The first-order valence-corrected chi connectivity index (χ1v) is 7.89. The van der Waals surface area contributed by atoms with Crippen molar-refractivity contribution < 1.29 is 9.72 Å². The quantitative estimate of drug-likeness (QED) is 0.603. The second kappa shape index (κ2) is 6.98. The number of nitro groups is 1. The summed E-state index contributed by atoms with van der Waals surface area (Å²) in [6.45, 7) is 7.78. The number of nitro benzene ring substituents is 1. The molecule has 25 heavy (non-hydrogen) atoms. The molecule has 2 aromatic rings. The molecular formula is C16H22N6O3. The highest BCUT2D eigenvalue weighted by atomic mass is 16.6. The predicted molar refractivity (Wildman–Crippen MR) is 92.5 cm³/mol. The van der Waals surface area contributed by atoms with E-state index in [0.717, 1.165) is 0 Å². The number of non-ortho nitro benzene ring substituents is 1. The second-order valence-corrected chi connectivity index (χ2v) is 6.44. The van der Waals surface area contributed by atoms with Crippen molar-refractivity contribution in [1.82, 2.24) is 20.3 Å². The van der Waals surface area contributed by atoms with Crippen molar-refractivity contribution in [3.05, 3.63) is 45.8 Å². The number of rotatable bonds is 6. The average molecular weight is 346 g/mol. The van der Waals surface area contributed by atoms with Gasteiger partial charge in [0.05, 0.1) is 21.8 Å². The molecule has 0 saturated carbocycles. The van der Waals surface area contributed by atoms with E-state index in [1.165, 1.54) is 16.8 Å². The van der Waals surface area contributed by atoms with Gasteiger partial charge in [0.1, 0.15) is 0 Å². The third-order valence-electron chi connectivity index (χ3n) is 4.49. The van der Waals surface area contributed by atoms with E-state index in [4.69, 9.17) is 5.73 Å². The summed E-state index contributed by atoms with van der Waals surface area (Å²) in [6, 6.07) is 5.98. The normalized spacial score (nSPS) is 13.5. The molecular weight excluding hydrogens is 324 g/mol.